The van der Waals surface area contributed by atoms with Gasteiger partial charge < -0.3 is 20.4 Å². The number of aryl methyl sites for hydroxylation is 2. The standard InChI is InChI=1S/C23H34N6O/c1-16-7-6-8-20(13-16)29(5)15-21(30)25-18-9-11-19(12-10-18)26-23-24-14-17(2)22(27-23)28(3)4/h6-8,13-14,18-19H,9-12,15H2,1-5H3,(H,25,30)(H,24,26,27). The molecule has 1 aromatic carbocycles. The van der Waals surface area contributed by atoms with Gasteiger partial charge in [0.1, 0.15) is 5.82 Å². The van der Waals surface area contributed by atoms with Gasteiger partial charge >= 0.3 is 0 Å². The highest BCUT2D eigenvalue weighted by molar-refractivity contribution is 5.81. The normalized spacial score (nSPS) is 18.6. The van der Waals surface area contributed by atoms with Gasteiger partial charge in [0, 0.05) is 50.7 Å². The molecule has 0 aliphatic heterocycles. The van der Waals surface area contributed by atoms with Crippen LogP contribution in [-0.4, -0.2) is 55.6 Å². The Bertz CT molecular complexity index is 861. The minimum atomic E-state index is 0.0768. The summed E-state index contributed by atoms with van der Waals surface area (Å²) in [7, 11) is 5.94. The monoisotopic (exact) mass is 410 g/mol. The Morgan fingerprint density at radius 1 is 1.10 bits per heavy atom. The molecular weight excluding hydrogens is 376 g/mol. The van der Waals surface area contributed by atoms with Crippen LogP contribution < -0.4 is 20.4 Å². The minimum absolute atomic E-state index is 0.0768. The fourth-order valence-corrected chi connectivity index (χ4v) is 3.97. The maximum absolute atomic E-state index is 12.5. The minimum Gasteiger partial charge on any atom is -0.365 e. The van der Waals surface area contributed by atoms with Crippen LogP contribution in [0.5, 0.6) is 0 Å². The number of nitrogens with one attached hydrogen (secondary N) is 2. The first-order chi connectivity index (χ1) is 14.3. The summed E-state index contributed by atoms with van der Waals surface area (Å²) < 4.78 is 0. The second kappa shape index (κ2) is 9.78. The fraction of sp³-hybridized carbons (Fsp3) is 0.522. The van der Waals surface area contributed by atoms with Crippen LogP contribution in [0.2, 0.25) is 0 Å². The molecule has 1 amide bonds. The summed E-state index contributed by atoms with van der Waals surface area (Å²) in [6.07, 6.45) is 5.77. The third kappa shape index (κ3) is 5.84. The Hall–Kier alpha value is -2.83. The first-order valence-corrected chi connectivity index (χ1v) is 10.7. The number of likely N-dealkylation sites (N-methyl/N-ethyl adjacent to an activating group) is 1. The van der Waals surface area contributed by atoms with Crippen LogP contribution in [0.3, 0.4) is 0 Å². The maximum Gasteiger partial charge on any atom is 0.239 e. The number of carbonyl (C=O) groups excluding carboxylic acids is 1. The predicted octanol–water partition coefficient (Wildman–Crippen LogP) is 3.14. The SMILES string of the molecule is Cc1cccc(N(C)CC(=O)NC2CCC(Nc3ncc(C)c(N(C)C)n3)CC2)c1. The number of hydrogen-bond donors (Lipinski definition) is 2. The zero-order valence-corrected chi connectivity index (χ0v) is 18.8. The third-order valence-corrected chi connectivity index (χ3v) is 5.62. The smallest absolute Gasteiger partial charge is 0.239 e. The molecule has 2 N–H and O–H groups in total. The van der Waals surface area contributed by atoms with E-state index in [1.165, 1.54) is 5.56 Å². The first-order valence-electron chi connectivity index (χ1n) is 10.7. The van der Waals surface area contributed by atoms with Crippen LogP contribution >= 0.6 is 0 Å². The zero-order valence-electron chi connectivity index (χ0n) is 18.8. The molecule has 162 valence electrons. The van der Waals surface area contributed by atoms with E-state index in [2.05, 4.69) is 39.7 Å². The molecule has 3 rings (SSSR count). The van der Waals surface area contributed by atoms with Crippen molar-refractivity contribution in [2.75, 3.05) is 42.8 Å². The van der Waals surface area contributed by atoms with Gasteiger partial charge in [-0.25, -0.2) is 4.98 Å². The van der Waals surface area contributed by atoms with E-state index in [1.54, 1.807) is 0 Å². The predicted molar refractivity (Wildman–Crippen MR) is 123 cm³/mol. The lowest BCUT2D eigenvalue weighted by molar-refractivity contribution is -0.120. The Morgan fingerprint density at radius 2 is 1.80 bits per heavy atom. The molecule has 1 aliphatic carbocycles. The number of carbonyl (C=O) groups is 1. The van der Waals surface area contributed by atoms with E-state index in [0.717, 1.165) is 42.8 Å². The van der Waals surface area contributed by atoms with E-state index in [1.807, 2.05) is 56.2 Å². The number of benzene rings is 1. The zero-order chi connectivity index (χ0) is 21.7. The summed E-state index contributed by atoms with van der Waals surface area (Å²) in [5.41, 5.74) is 3.32. The molecule has 1 fully saturated rings. The molecule has 7 heteroatoms. The quantitative estimate of drug-likeness (QED) is 0.731. The van der Waals surface area contributed by atoms with Crippen LogP contribution in [0, 0.1) is 13.8 Å². The molecule has 1 heterocycles. The molecule has 30 heavy (non-hydrogen) atoms. The lowest BCUT2D eigenvalue weighted by Gasteiger charge is -2.30. The summed E-state index contributed by atoms with van der Waals surface area (Å²) in [5.74, 6) is 1.69. The van der Waals surface area contributed by atoms with Crippen molar-refractivity contribution in [1.82, 2.24) is 15.3 Å². The van der Waals surface area contributed by atoms with Crippen LogP contribution in [0.1, 0.15) is 36.8 Å². The molecule has 0 spiro atoms. The average molecular weight is 411 g/mol. The van der Waals surface area contributed by atoms with Gasteiger partial charge in [-0.1, -0.05) is 12.1 Å². The molecule has 1 saturated carbocycles. The average Bonchev–Trinajstić information content (AvgIpc) is 2.70. The second-order valence-electron chi connectivity index (χ2n) is 8.55. The van der Waals surface area contributed by atoms with Crippen molar-refractivity contribution in [3.8, 4) is 0 Å². The van der Waals surface area contributed by atoms with Crippen molar-refractivity contribution in [3.63, 3.8) is 0 Å². The van der Waals surface area contributed by atoms with E-state index < -0.39 is 0 Å². The van der Waals surface area contributed by atoms with E-state index in [4.69, 9.17) is 0 Å². The maximum atomic E-state index is 12.5. The largest absolute Gasteiger partial charge is 0.365 e. The van der Waals surface area contributed by atoms with Crippen LogP contribution in [0.25, 0.3) is 0 Å². The van der Waals surface area contributed by atoms with E-state index in [-0.39, 0.29) is 11.9 Å². The molecule has 2 aromatic rings. The Labute approximate surface area is 179 Å². The van der Waals surface area contributed by atoms with E-state index >= 15 is 0 Å². The molecule has 0 bridgehead atoms. The van der Waals surface area contributed by atoms with Crippen LogP contribution in [-0.2, 0) is 4.79 Å². The van der Waals surface area contributed by atoms with Gasteiger partial charge in [-0.15, -0.1) is 0 Å². The molecule has 7 nitrogen and oxygen atoms in total. The number of aromatic nitrogens is 2. The van der Waals surface area contributed by atoms with Gasteiger partial charge in [-0.2, -0.15) is 4.98 Å². The van der Waals surface area contributed by atoms with Gasteiger partial charge in [-0.3, -0.25) is 4.79 Å². The van der Waals surface area contributed by atoms with E-state index in [9.17, 15) is 4.79 Å². The summed E-state index contributed by atoms with van der Waals surface area (Å²) in [6.45, 7) is 4.45. The van der Waals surface area contributed by atoms with Gasteiger partial charge in [0.15, 0.2) is 0 Å². The summed E-state index contributed by atoms with van der Waals surface area (Å²) >= 11 is 0. The van der Waals surface area contributed by atoms with Crippen LogP contribution in [0.4, 0.5) is 17.5 Å². The Kier molecular flexibility index (Phi) is 7.13. The lowest BCUT2D eigenvalue weighted by atomic mass is 9.91. The van der Waals surface area contributed by atoms with Gasteiger partial charge in [0.25, 0.3) is 0 Å². The number of rotatable bonds is 7. The third-order valence-electron chi connectivity index (χ3n) is 5.62. The van der Waals surface area contributed by atoms with Gasteiger partial charge in [0.2, 0.25) is 11.9 Å². The van der Waals surface area contributed by atoms with Crippen molar-refractivity contribution in [2.24, 2.45) is 0 Å². The number of hydrogen-bond acceptors (Lipinski definition) is 6. The van der Waals surface area contributed by atoms with Crippen molar-refractivity contribution >= 4 is 23.4 Å². The van der Waals surface area contributed by atoms with Gasteiger partial charge in [0.05, 0.1) is 6.54 Å². The highest BCUT2D eigenvalue weighted by Crippen LogP contribution is 2.23. The molecule has 0 unspecified atom stereocenters. The Morgan fingerprint density at radius 3 is 2.47 bits per heavy atom. The summed E-state index contributed by atoms with van der Waals surface area (Å²) in [4.78, 5) is 25.5. The fourth-order valence-electron chi connectivity index (χ4n) is 3.97. The van der Waals surface area contributed by atoms with Crippen molar-refractivity contribution in [1.29, 1.82) is 0 Å². The van der Waals surface area contributed by atoms with Crippen molar-refractivity contribution in [2.45, 2.75) is 51.6 Å². The molecule has 1 aliphatic rings. The van der Waals surface area contributed by atoms with Crippen LogP contribution in [0.15, 0.2) is 30.5 Å². The highest BCUT2D eigenvalue weighted by atomic mass is 16.2. The van der Waals surface area contributed by atoms with Gasteiger partial charge in [-0.05, 0) is 57.2 Å². The topological polar surface area (TPSA) is 73.4 Å². The number of amides is 1. The van der Waals surface area contributed by atoms with E-state index in [0.29, 0.717) is 18.5 Å². The van der Waals surface area contributed by atoms with Crippen molar-refractivity contribution in [3.05, 3.63) is 41.6 Å². The lowest BCUT2D eigenvalue weighted by Crippen LogP contribution is -2.44. The molecule has 0 atom stereocenters. The number of nitrogens with zero attached hydrogens (tertiary/aromatic N) is 4. The molecular formula is C23H34N6O. The molecule has 1 aromatic heterocycles. The Balaban J connectivity index is 1.45. The van der Waals surface area contributed by atoms with Crippen molar-refractivity contribution < 1.29 is 4.79 Å². The summed E-state index contributed by atoms with van der Waals surface area (Å²) in [5, 5.41) is 6.67. The second-order valence-corrected chi connectivity index (χ2v) is 8.55. The molecule has 0 radical (unpaired) electrons. The molecule has 0 saturated heterocycles. The highest BCUT2D eigenvalue weighted by Gasteiger charge is 2.23. The summed E-state index contributed by atoms with van der Waals surface area (Å²) in [6, 6.07) is 8.79. The number of anilines is 3. The first kappa shape index (κ1) is 21.9.